The molecule has 0 radical (unpaired) electrons. The lowest BCUT2D eigenvalue weighted by molar-refractivity contribution is 0.793. The van der Waals surface area contributed by atoms with E-state index in [9.17, 15) is 0 Å². The predicted octanol–water partition coefficient (Wildman–Crippen LogP) is 2.07. The van der Waals surface area contributed by atoms with E-state index in [0.29, 0.717) is 12.1 Å². The maximum absolute atomic E-state index is 6.33. The normalized spacial score (nSPS) is 15.3. The molecule has 3 nitrogen and oxygen atoms in total. The average molecular weight is 217 g/mol. The van der Waals surface area contributed by atoms with Crippen molar-refractivity contribution in [1.82, 2.24) is 0 Å². The molecule has 2 N–H and O–H groups in total. The lowest BCUT2D eigenvalue weighted by atomic mass is 9.88. The summed E-state index contributed by atoms with van der Waals surface area (Å²) in [5.74, 6) is 0. The van der Waals surface area contributed by atoms with E-state index in [1.165, 1.54) is 11.4 Å². The van der Waals surface area contributed by atoms with Crippen molar-refractivity contribution in [2.75, 3.05) is 9.62 Å². The second kappa shape index (κ2) is 4.02. The van der Waals surface area contributed by atoms with Crippen molar-refractivity contribution in [3.63, 3.8) is 0 Å². The van der Waals surface area contributed by atoms with Crippen LogP contribution >= 0.6 is 0 Å². The van der Waals surface area contributed by atoms with Gasteiger partial charge in [0, 0.05) is 23.5 Å². The van der Waals surface area contributed by atoms with Crippen LogP contribution in [-0.4, -0.2) is 19.2 Å². The first-order chi connectivity index (χ1) is 7.54. The van der Waals surface area contributed by atoms with E-state index in [1.54, 1.807) is 0 Å². The number of fused-ring (bicyclic) bond motifs is 1. The molecular formula is C12H20BN3. The minimum Gasteiger partial charge on any atom is -0.378 e. The summed E-state index contributed by atoms with van der Waals surface area (Å²) < 4.78 is 0. The van der Waals surface area contributed by atoms with Gasteiger partial charge in [-0.1, -0.05) is 12.1 Å². The summed E-state index contributed by atoms with van der Waals surface area (Å²) in [6, 6.07) is 9.28. The maximum atomic E-state index is 6.33. The van der Waals surface area contributed by atoms with Crippen LogP contribution in [-0.2, 0) is 0 Å². The summed E-state index contributed by atoms with van der Waals surface area (Å²) in [6.07, 6.45) is 0. The molecule has 0 atom stereocenters. The van der Waals surface area contributed by atoms with Crippen molar-refractivity contribution in [2.24, 2.45) is 5.64 Å². The molecule has 0 fully saturated rings. The summed E-state index contributed by atoms with van der Waals surface area (Å²) in [6.45, 7) is 8.72. The van der Waals surface area contributed by atoms with Crippen LogP contribution in [0, 0.1) is 0 Å². The number of benzene rings is 1. The van der Waals surface area contributed by atoms with E-state index >= 15 is 0 Å². The zero-order chi connectivity index (χ0) is 11.9. The predicted molar refractivity (Wildman–Crippen MR) is 71.6 cm³/mol. The van der Waals surface area contributed by atoms with Gasteiger partial charge in [0.2, 0.25) is 0 Å². The van der Waals surface area contributed by atoms with Gasteiger partial charge in [0.1, 0.15) is 0 Å². The van der Waals surface area contributed by atoms with Crippen LogP contribution in [0.5, 0.6) is 0 Å². The Morgan fingerprint density at radius 3 is 1.62 bits per heavy atom. The molecule has 1 aromatic rings. The van der Waals surface area contributed by atoms with E-state index in [2.05, 4.69) is 61.6 Å². The fraction of sp³-hybridized carbons (Fsp3) is 0.500. The number of hydrogen-bond acceptors (Lipinski definition) is 3. The first kappa shape index (κ1) is 11.3. The molecule has 0 spiro atoms. The molecule has 0 unspecified atom stereocenters. The molecule has 16 heavy (non-hydrogen) atoms. The Hall–Kier alpha value is -1.16. The van der Waals surface area contributed by atoms with Gasteiger partial charge in [-0.2, -0.15) is 0 Å². The Bertz CT molecular complexity index is 343. The van der Waals surface area contributed by atoms with Crippen LogP contribution in [0.1, 0.15) is 27.7 Å². The second-order valence-electron chi connectivity index (χ2n) is 4.90. The van der Waals surface area contributed by atoms with Crippen LogP contribution in [0.3, 0.4) is 0 Å². The number of para-hydroxylation sites is 2. The van der Waals surface area contributed by atoms with Gasteiger partial charge in [-0.3, -0.25) is 0 Å². The van der Waals surface area contributed by atoms with Gasteiger partial charge in [0.05, 0.1) is 0 Å². The van der Waals surface area contributed by atoms with Crippen molar-refractivity contribution in [3.05, 3.63) is 24.3 Å². The first-order valence-corrected chi connectivity index (χ1v) is 5.95. The fourth-order valence-corrected chi connectivity index (χ4v) is 2.49. The zero-order valence-electron chi connectivity index (χ0n) is 10.5. The van der Waals surface area contributed by atoms with E-state index in [-0.39, 0.29) is 7.12 Å². The monoisotopic (exact) mass is 217 g/mol. The summed E-state index contributed by atoms with van der Waals surface area (Å²) in [5, 5.41) is 0. The maximum Gasteiger partial charge on any atom is 0.465 e. The first-order valence-electron chi connectivity index (χ1n) is 5.95. The Morgan fingerprint density at radius 2 is 1.31 bits per heavy atom. The molecule has 1 aromatic carbocycles. The van der Waals surface area contributed by atoms with Crippen LogP contribution < -0.4 is 15.3 Å². The van der Waals surface area contributed by atoms with Gasteiger partial charge in [-0.25, -0.2) is 0 Å². The standard InChI is InChI=1S/C12H20BN3/c1-9(2)15-11-7-5-6-8-12(11)16(10(3)4)13(15)14/h5-10H,14H2,1-4H3. The van der Waals surface area contributed by atoms with Crippen LogP contribution in [0.2, 0.25) is 0 Å². The SMILES string of the molecule is CC(C)N1B(N)N(C(C)C)c2ccccc21. The van der Waals surface area contributed by atoms with E-state index in [0.717, 1.165) is 0 Å². The lowest BCUT2D eigenvalue weighted by Gasteiger charge is -2.31. The number of hydrogen-bond donors (Lipinski definition) is 1. The lowest BCUT2D eigenvalue weighted by Crippen LogP contribution is -2.59. The Labute approximate surface area is 98.4 Å². The highest BCUT2D eigenvalue weighted by Crippen LogP contribution is 2.38. The molecule has 0 aromatic heterocycles. The van der Waals surface area contributed by atoms with Crippen molar-refractivity contribution >= 4 is 18.5 Å². The molecule has 1 heterocycles. The third kappa shape index (κ3) is 1.57. The zero-order valence-corrected chi connectivity index (χ0v) is 10.5. The Balaban J connectivity index is 2.48. The minimum atomic E-state index is -0.0441. The second-order valence-corrected chi connectivity index (χ2v) is 4.90. The summed E-state index contributed by atoms with van der Waals surface area (Å²) in [7, 11) is -0.0441. The number of nitrogens with two attached hydrogens (primary N) is 1. The van der Waals surface area contributed by atoms with Gasteiger partial charge in [0.25, 0.3) is 0 Å². The van der Waals surface area contributed by atoms with Gasteiger partial charge >= 0.3 is 7.12 Å². The minimum absolute atomic E-state index is 0.0441. The molecule has 86 valence electrons. The van der Waals surface area contributed by atoms with Crippen LogP contribution in [0.15, 0.2) is 24.3 Å². The summed E-state index contributed by atoms with van der Waals surface area (Å²) >= 11 is 0. The van der Waals surface area contributed by atoms with Crippen molar-refractivity contribution < 1.29 is 0 Å². The summed E-state index contributed by atoms with van der Waals surface area (Å²) in [5.41, 5.74) is 8.82. The van der Waals surface area contributed by atoms with Crippen LogP contribution in [0.25, 0.3) is 0 Å². The van der Waals surface area contributed by atoms with Crippen molar-refractivity contribution in [2.45, 2.75) is 39.8 Å². The van der Waals surface area contributed by atoms with E-state index < -0.39 is 0 Å². The van der Waals surface area contributed by atoms with Gasteiger partial charge in [-0.05, 0) is 39.8 Å². The quantitative estimate of drug-likeness (QED) is 0.769. The summed E-state index contributed by atoms with van der Waals surface area (Å²) in [4.78, 5) is 4.55. The number of nitrogens with zero attached hydrogens (tertiary/aromatic N) is 2. The smallest absolute Gasteiger partial charge is 0.378 e. The molecule has 0 aliphatic carbocycles. The highest BCUT2D eigenvalue weighted by Gasteiger charge is 2.40. The third-order valence-electron chi connectivity index (χ3n) is 3.12. The topological polar surface area (TPSA) is 32.5 Å². The molecule has 0 saturated heterocycles. The molecule has 1 aliphatic heterocycles. The number of anilines is 2. The van der Waals surface area contributed by atoms with E-state index in [4.69, 9.17) is 5.64 Å². The molecule has 1 aliphatic rings. The van der Waals surface area contributed by atoms with Gasteiger partial charge < -0.3 is 15.3 Å². The van der Waals surface area contributed by atoms with Gasteiger partial charge in [0.15, 0.2) is 0 Å². The van der Waals surface area contributed by atoms with Crippen molar-refractivity contribution in [3.8, 4) is 0 Å². The molecule has 0 saturated carbocycles. The molecule has 0 bridgehead atoms. The highest BCUT2D eigenvalue weighted by molar-refractivity contribution is 6.67. The molecular weight excluding hydrogens is 197 g/mol. The van der Waals surface area contributed by atoms with Gasteiger partial charge in [-0.15, -0.1) is 0 Å². The number of rotatable bonds is 2. The fourth-order valence-electron chi connectivity index (χ4n) is 2.49. The average Bonchev–Trinajstić information content (AvgIpc) is 2.49. The highest BCUT2D eigenvalue weighted by atomic mass is 15.3. The molecule has 2 rings (SSSR count). The van der Waals surface area contributed by atoms with Crippen LogP contribution in [0.4, 0.5) is 11.4 Å². The molecule has 0 amide bonds. The molecule has 4 heteroatoms. The van der Waals surface area contributed by atoms with Crippen molar-refractivity contribution in [1.29, 1.82) is 0 Å². The largest absolute Gasteiger partial charge is 0.465 e. The Kier molecular flexibility index (Phi) is 2.85. The Morgan fingerprint density at radius 1 is 0.938 bits per heavy atom. The van der Waals surface area contributed by atoms with E-state index in [1.807, 2.05) is 0 Å². The third-order valence-corrected chi connectivity index (χ3v) is 3.12.